The van der Waals surface area contributed by atoms with E-state index in [2.05, 4.69) is 20.8 Å². The number of aromatic nitrogens is 2. The number of nitrogens with two attached hydrogens (primary N) is 1. The number of hydrogen-bond acceptors (Lipinski definition) is 8. The second-order valence-electron chi connectivity index (χ2n) is 6.80. The molecule has 0 saturated carbocycles. The van der Waals surface area contributed by atoms with Crippen LogP contribution < -0.4 is 16.4 Å². The maximum absolute atomic E-state index is 12.8. The third kappa shape index (κ3) is 3.46. The summed E-state index contributed by atoms with van der Waals surface area (Å²) in [5, 5.41) is 9.18. The highest BCUT2D eigenvalue weighted by atomic mass is 16.5. The van der Waals surface area contributed by atoms with E-state index in [1.807, 2.05) is 12.1 Å². The third-order valence-corrected chi connectivity index (χ3v) is 4.87. The minimum atomic E-state index is -0.612. The lowest BCUT2D eigenvalue weighted by Crippen LogP contribution is -2.52. The van der Waals surface area contributed by atoms with Gasteiger partial charge in [-0.2, -0.15) is 4.98 Å². The fourth-order valence-electron chi connectivity index (χ4n) is 3.44. The molecule has 3 heterocycles. The van der Waals surface area contributed by atoms with Gasteiger partial charge in [0.1, 0.15) is 6.04 Å². The van der Waals surface area contributed by atoms with Crippen molar-refractivity contribution in [3.8, 4) is 0 Å². The Morgan fingerprint density at radius 3 is 2.96 bits per heavy atom. The Bertz CT molecular complexity index is 940. The summed E-state index contributed by atoms with van der Waals surface area (Å²) >= 11 is 0. The van der Waals surface area contributed by atoms with Gasteiger partial charge in [-0.15, -0.1) is 0 Å². The zero-order chi connectivity index (χ0) is 19.7. The molecule has 2 aromatic rings. The number of fused-ring (bicyclic) bond motifs is 1. The van der Waals surface area contributed by atoms with Crippen LogP contribution in [-0.2, 0) is 29.1 Å². The van der Waals surface area contributed by atoms with Crippen molar-refractivity contribution in [3.05, 3.63) is 40.8 Å². The largest absolute Gasteiger partial charge is 0.348 e. The van der Waals surface area contributed by atoms with E-state index in [9.17, 15) is 14.4 Å². The number of benzene rings is 1. The Hall–Kier alpha value is -3.27. The molecule has 28 heavy (non-hydrogen) atoms. The predicted molar refractivity (Wildman–Crippen MR) is 96.9 cm³/mol. The summed E-state index contributed by atoms with van der Waals surface area (Å²) in [5.41, 5.74) is 7.77. The number of imide groups is 1. The van der Waals surface area contributed by atoms with Crippen LogP contribution in [0.5, 0.6) is 0 Å². The molecule has 1 saturated heterocycles. The van der Waals surface area contributed by atoms with Gasteiger partial charge in [0.15, 0.2) is 0 Å². The molecule has 0 radical (unpaired) electrons. The van der Waals surface area contributed by atoms with Crippen LogP contribution in [0.3, 0.4) is 0 Å². The van der Waals surface area contributed by atoms with E-state index in [0.29, 0.717) is 49.9 Å². The van der Waals surface area contributed by atoms with Crippen molar-refractivity contribution < 1.29 is 18.9 Å². The standard InChI is InChI=1S/C18H20N6O4/c19-6-5-15-22-18(23-28-15)20-8-10-1-2-11-9-24(17(27)12(11)7-10)13-3-4-14(25)21-16(13)26/h1-2,7,13H,3-6,8-9,19H2,(H,20,23)(H,21,25,26). The Morgan fingerprint density at radius 2 is 2.18 bits per heavy atom. The van der Waals surface area contributed by atoms with Gasteiger partial charge in [0.2, 0.25) is 17.7 Å². The van der Waals surface area contributed by atoms with E-state index in [-0.39, 0.29) is 18.2 Å². The summed E-state index contributed by atoms with van der Waals surface area (Å²) in [6.07, 6.45) is 1.10. The number of carbonyl (C=O) groups is 3. The highest BCUT2D eigenvalue weighted by Crippen LogP contribution is 2.28. The van der Waals surface area contributed by atoms with Gasteiger partial charge < -0.3 is 20.5 Å². The topological polar surface area (TPSA) is 143 Å². The average Bonchev–Trinajstić information content (AvgIpc) is 3.25. The third-order valence-electron chi connectivity index (χ3n) is 4.87. The molecule has 4 rings (SSSR count). The number of rotatable bonds is 6. The molecular formula is C18H20N6O4. The number of anilines is 1. The van der Waals surface area contributed by atoms with Crippen LogP contribution in [0, 0.1) is 0 Å². The van der Waals surface area contributed by atoms with Crippen LogP contribution in [0.1, 0.15) is 40.2 Å². The van der Waals surface area contributed by atoms with E-state index in [1.54, 1.807) is 6.07 Å². The minimum Gasteiger partial charge on any atom is -0.348 e. The molecule has 0 bridgehead atoms. The molecule has 3 amide bonds. The number of nitrogens with one attached hydrogen (secondary N) is 2. The molecule has 1 unspecified atom stereocenters. The van der Waals surface area contributed by atoms with Crippen molar-refractivity contribution in [2.45, 2.75) is 38.4 Å². The lowest BCUT2D eigenvalue weighted by atomic mass is 10.0. The van der Waals surface area contributed by atoms with Gasteiger partial charge in [0.05, 0.1) is 0 Å². The normalized spacial score (nSPS) is 19.0. The number of hydrogen-bond donors (Lipinski definition) is 3. The summed E-state index contributed by atoms with van der Waals surface area (Å²) in [6.45, 7) is 1.21. The lowest BCUT2D eigenvalue weighted by Gasteiger charge is -2.29. The highest BCUT2D eigenvalue weighted by Gasteiger charge is 2.39. The summed E-state index contributed by atoms with van der Waals surface area (Å²) in [5.74, 6) is -0.0786. The molecule has 0 spiro atoms. The Morgan fingerprint density at radius 1 is 1.32 bits per heavy atom. The first-order valence-corrected chi connectivity index (χ1v) is 9.08. The summed E-state index contributed by atoms with van der Waals surface area (Å²) < 4.78 is 5.06. The molecule has 1 aromatic heterocycles. The second kappa shape index (κ2) is 7.39. The zero-order valence-corrected chi connectivity index (χ0v) is 15.1. The van der Waals surface area contributed by atoms with Gasteiger partial charge in [-0.1, -0.05) is 12.1 Å². The van der Waals surface area contributed by atoms with Crippen molar-refractivity contribution in [2.24, 2.45) is 5.73 Å². The predicted octanol–water partition coefficient (Wildman–Crippen LogP) is -0.0561. The molecule has 1 aromatic carbocycles. The van der Waals surface area contributed by atoms with E-state index in [1.165, 1.54) is 4.90 Å². The van der Waals surface area contributed by atoms with Gasteiger partial charge in [-0.3, -0.25) is 19.7 Å². The Kier molecular flexibility index (Phi) is 4.78. The molecule has 1 atom stereocenters. The summed E-state index contributed by atoms with van der Waals surface area (Å²) in [6, 6.07) is 4.98. The molecule has 146 valence electrons. The van der Waals surface area contributed by atoms with Crippen LogP contribution in [0.25, 0.3) is 0 Å². The van der Waals surface area contributed by atoms with Crippen LogP contribution in [-0.4, -0.2) is 45.3 Å². The maximum Gasteiger partial charge on any atom is 0.263 e. The lowest BCUT2D eigenvalue weighted by molar-refractivity contribution is -0.136. The summed E-state index contributed by atoms with van der Waals surface area (Å²) in [7, 11) is 0. The quantitative estimate of drug-likeness (QED) is 0.588. The molecule has 10 heteroatoms. The van der Waals surface area contributed by atoms with Crippen LogP contribution in [0.4, 0.5) is 5.95 Å². The van der Waals surface area contributed by atoms with Gasteiger partial charge in [0.25, 0.3) is 11.9 Å². The molecule has 4 N–H and O–H groups in total. The van der Waals surface area contributed by atoms with Crippen molar-refractivity contribution >= 4 is 23.7 Å². The van der Waals surface area contributed by atoms with Gasteiger partial charge in [0, 0.05) is 38.0 Å². The number of nitrogens with zero attached hydrogens (tertiary/aromatic N) is 3. The van der Waals surface area contributed by atoms with E-state index in [0.717, 1.165) is 11.1 Å². The molecule has 2 aliphatic heterocycles. The van der Waals surface area contributed by atoms with Gasteiger partial charge in [-0.05, 0) is 28.8 Å². The van der Waals surface area contributed by atoms with Gasteiger partial charge in [-0.25, -0.2) is 0 Å². The van der Waals surface area contributed by atoms with Crippen molar-refractivity contribution in [2.75, 3.05) is 11.9 Å². The van der Waals surface area contributed by atoms with Crippen molar-refractivity contribution in [1.82, 2.24) is 20.4 Å². The van der Waals surface area contributed by atoms with Crippen LogP contribution in [0.15, 0.2) is 22.7 Å². The molecule has 10 nitrogen and oxygen atoms in total. The first kappa shape index (κ1) is 18.1. The molecule has 0 aliphatic carbocycles. The van der Waals surface area contributed by atoms with E-state index < -0.39 is 11.9 Å². The van der Waals surface area contributed by atoms with E-state index in [4.69, 9.17) is 10.3 Å². The van der Waals surface area contributed by atoms with Crippen molar-refractivity contribution in [3.63, 3.8) is 0 Å². The van der Waals surface area contributed by atoms with Gasteiger partial charge >= 0.3 is 0 Å². The van der Waals surface area contributed by atoms with E-state index >= 15 is 0 Å². The smallest absolute Gasteiger partial charge is 0.263 e. The summed E-state index contributed by atoms with van der Waals surface area (Å²) in [4.78, 5) is 42.0. The number of carbonyl (C=O) groups excluding carboxylic acids is 3. The van der Waals surface area contributed by atoms with Crippen LogP contribution >= 0.6 is 0 Å². The maximum atomic E-state index is 12.8. The second-order valence-corrected chi connectivity index (χ2v) is 6.80. The van der Waals surface area contributed by atoms with Crippen molar-refractivity contribution in [1.29, 1.82) is 0 Å². The Labute approximate surface area is 160 Å². The molecular weight excluding hydrogens is 364 g/mol. The number of amides is 3. The Balaban J connectivity index is 1.43. The SMILES string of the molecule is NCCc1nc(NCc2ccc3c(c2)C(=O)N(C2CCC(=O)NC2=O)C3)no1. The monoisotopic (exact) mass is 384 g/mol. The first-order valence-electron chi connectivity index (χ1n) is 9.08. The molecule has 2 aliphatic rings. The zero-order valence-electron chi connectivity index (χ0n) is 15.1. The first-order chi connectivity index (χ1) is 13.5. The number of piperidine rings is 1. The van der Waals surface area contributed by atoms with Crippen LogP contribution in [0.2, 0.25) is 0 Å². The minimum absolute atomic E-state index is 0.198. The fourth-order valence-corrected chi connectivity index (χ4v) is 3.44. The highest BCUT2D eigenvalue weighted by molar-refractivity contribution is 6.05. The molecule has 1 fully saturated rings. The average molecular weight is 384 g/mol. The fraction of sp³-hybridized carbons (Fsp3) is 0.389.